The molecule has 1 aliphatic rings. The summed E-state index contributed by atoms with van der Waals surface area (Å²) in [6.07, 6.45) is 0. The number of hydrogen-bond donors (Lipinski definition) is 1. The van der Waals surface area contributed by atoms with Gasteiger partial charge in [-0.05, 0) is 47.0 Å². The van der Waals surface area contributed by atoms with Gasteiger partial charge in [0.1, 0.15) is 5.84 Å². The zero-order chi connectivity index (χ0) is 15.3. The quantitative estimate of drug-likeness (QED) is 0.689. The molecule has 0 fully saturated rings. The first-order valence-corrected chi connectivity index (χ1v) is 7.61. The molecule has 0 aromatic heterocycles. The van der Waals surface area contributed by atoms with E-state index in [2.05, 4.69) is 48.3 Å². The number of fused-ring (bicyclic) bond motifs is 2. The first kappa shape index (κ1) is 13.4. The SMILES string of the molecule is CC1(c2cccc3ccccc23)C(N)=Nc2ccc(Cl)cc21. The number of aliphatic imine (C=N–C) groups is 1. The van der Waals surface area contributed by atoms with Gasteiger partial charge in [0.15, 0.2) is 0 Å². The molecule has 3 aromatic rings. The maximum atomic E-state index is 6.34. The Kier molecular flexibility index (Phi) is 2.78. The van der Waals surface area contributed by atoms with Crippen LogP contribution < -0.4 is 5.73 Å². The third-order valence-electron chi connectivity index (χ3n) is 4.58. The molecule has 2 nitrogen and oxygen atoms in total. The topological polar surface area (TPSA) is 38.4 Å². The molecule has 0 saturated heterocycles. The van der Waals surface area contributed by atoms with Gasteiger partial charge in [-0.2, -0.15) is 0 Å². The van der Waals surface area contributed by atoms with Crippen LogP contribution in [-0.4, -0.2) is 5.84 Å². The molecule has 0 bridgehead atoms. The summed E-state index contributed by atoms with van der Waals surface area (Å²) in [6.45, 7) is 2.12. The second kappa shape index (κ2) is 4.59. The Morgan fingerprint density at radius 3 is 2.59 bits per heavy atom. The monoisotopic (exact) mass is 306 g/mol. The minimum atomic E-state index is -0.457. The van der Waals surface area contributed by atoms with Crippen molar-refractivity contribution in [2.24, 2.45) is 10.7 Å². The van der Waals surface area contributed by atoms with Crippen molar-refractivity contribution in [2.45, 2.75) is 12.3 Å². The molecule has 1 atom stereocenters. The summed E-state index contributed by atoms with van der Waals surface area (Å²) in [5.74, 6) is 0.612. The maximum Gasteiger partial charge on any atom is 0.115 e. The van der Waals surface area contributed by atoms with Crippen LogP contribution in [0.5, 0.6) is 0 Å². The molecule has 1 aliphatic heterocycles. The standard InChI is InChI=1S/C19H15ClN2/c1-19(15-8-4-6-12-5-2-3-7-14(12)15)16-11-13(20)9-10-17(16)22-18(19)21/h2-11H,1H3,(H2,21,22). The molecule has 1 unspecified atom stereocenters. The van der Waals surface area contributed by atoms with E-state index in [1.165, 1.54) is 10.8 Å². The van der Waals surface area contributed by atoms with E-state index < -0.39 is 5.41 Å². The van der Waals surface area contributed by atoms with Crippen LogP contribution in [0, 0.1) is 0 Å². The molecule has 0 saturated carbocycles. The molecule has 108 valence electrons. The predicted octanol–water partition coefficient (Wildman–Crippen LogP) is 4.80. The van der Waals surface area contributed by atoms with Crippen LogP contribution >= 0.6 is 11.6 Å². The summed E-state index contributed by atoms with van der Waals surface area (Å²) >= 11 is 6.21. The van der Waals surface area contributed by atoms with Crippen molar-refractivity contribution in [3.63, 3.8) is 0 Å². The van der Waals surface area contributed by atoms with Gasteiger partial charge in [0.2, 0.25) is 0 Å². The van der Waals surface area contributed by atoms with Crippen molar-refractivity contribution in [1.82, 2.24) is 0 Å². The van der Waals surface area contributed by atoms with E-state index in [1.807, 2.05) is 24.3 Å². The average molecular weight is 307 g/mol. The summed E-state index contributed by atoms with van der Waals surface area (Å²) < 4.78 is 0. The molecule has 0 radical (unpaired) electrons. The van der Waals surface area contributed by atoms with Crippen LogP contribution in [0.2, 0.25) is 5.02 Å². The Hall–Kier alpha value is -2.32. The van der Waals surface area contributed by atoms with E-state index in [1.54, 1.807) is 0 Å². The first-order valence-electron chi connectivity index (χ1n) is 7.23. The van der Waals surface area contributed by atoms with Gasteiger partial charge in [0.25, 0.3) is 0 Å². The van der Waals surface area contributed by atoms with Crippen molar-refractivity contribution >= 4 is 33.9 Å². The zero-order valence-corrected chi connectivity index (χ0v) is 12.9. The normalized spacial score (nSPS) is 20.0. The van der Waals surface area contributed by atoms with E-state index in [-0.39, 0.29) is 0 Å². The van der Waals surface area contributed by atoms with Crippen molar-refractivity contribution in [3.05, 3.63) is 76.8 Å². The lowest BCUT2D eigenvalue weighted by Crippen LogP contribution is -2.37. The number of halogens is 1. The third kappa shape index (κ3) is 1.71. The van der Waals surface area contributed by atoms with Gasteiger partial charge in [-0.15, -0.1) is 0 Å². The Morgan fingerprint density at radius 2 is 1.73 bits per heavy atom. The van der Waals surface area contributed by atoms with Crippen molar-refractivity contribution in [1.29, 1.82) is 0 Å². The van der Waals surface area contributed by atoms with E-state index in [0.29, 0.717) is 10.9 Å². The fraction of sp³-hybridized carbons (Fsp3) is 0.105. The number of rotatable bonds is 1. The van der Waals surface area contributed by atoms with Crippen molar-refractivity contribution in [3.8, 4) is 0 Å². The number of nitrogens with two attached hydrogens (primary N) is 1. The summed E-state index contributed by atoms with van der Waals surface area (Å²) in [5.41, 5.74) is 9.01. The molecule has 3 heteroatoms. The van der Waals surface area contributed by atoms with E-state index in [4.69, 9.17) is 17.3 Å². The van der Waals surface area contributed by atoms with Crippen LogP contribution in [0.25, 0.3) is 10.8 Å². The summed E-state index contributed by atoms with van der Waals surface area (Å²) in [7, 11) is 0. The molecule has 2 N–H and O–H groups in total. The van der Waals surface area contributed by atoms with Crippen molar-refractivity contribution < 1.29 is 0 Å². The van der Waals surface area contributed by atoms with Gasteiger partial charge in [-0.1, -0.05) is 54.1 Å². The second-order valence-corrected chi connectivity index (χ2v) is 6.25. The van der Waals surface area contributed by atoms with E-state index in [9.17, 15) is 0 Å². The fourth-order valence-electron chi connectivity index (χ4n) is 3.33. The smallest absolute Gasteiger partial charge is 0.115 e. The van der Waals surface area contributed by atoms with Gasteiger partial charge in [0.05, 0.1) is 11.1 Å². The highest BCUT2D eigenvalue weighted by Gasteiger charge is 2.40. The minimum Gasteiger partial charge on any atom is -0.386 e. The lowest BCUT2D eigenvalue weighted by Gasteiger charge is -2.28. The average Bonchev–Trinajstić information content (AvgIpc) is 2.79. The lowest BCUT2D eigenvalue weighted by molar-refractivity contribution is 0.794. The maximum absolute atomic E-state index is 6.34. The van der Waals surface area contributed by atoms with Crippen LogP contribution in [0.3, 0.4) is 0 Å². The molecule has 3 aromatic carbocycles. The van der Waals surface area contributed by atoms with Crippen LogP contribution in [0.1, 0.15) is 18.1 Å². The predicted molar refractivity (Wildman–Crippen MR) is 93.1 cm³/mol. The molecule has 4 rings (SSSR count). The highest BCUT2D eigenvalue weighted by Crippen LogP contribution is 2.46. The second-order valence-electron chi connectivity index (χ2n) is 5.81. The number of benzene rings is 3. The molecule has 22 heavy (non-hydrogen) atoms. The Bertz CT molecular complexity index is 924. The number of amidine groups is 1. The van der Waals surface area contributed by atoms with Gasteiger partial charge >= 0.3 is 0 Å². The summed E-state index contributed by atoms with van der Waals surface area (Å²) in [5, 5.41) is 3.10. The van der Waals surface area contributed by atoms with Gasteiger partial charge < -0.3 is 5.73 Å². The van der Waals surface area contributed by atoms with E-state index >= 15 is 0 Å². The number of hydrogen-bond acceptors (Lipinski definition) is 2. The highest BCUT2D eigenvalue weighted by atomic mass is 35.5. The van der Waals surface area contributed by atoms with Gasteiger partial charge in [-0.25, -0.2) is 4.99 Å². The van der Waals surface area contributed by atoms with Crippen LogP contribution in [0.15, 0.2) is 65.7 Å². The molecule has 0 amide bonds. The largest absolute Gasteiger partial charge is 0.386 e. The number of nitrogens with zero attached hydrogens (tertiary/aromatic N) is 1. The van der Waals surface area contributed by atoms with E-state index in [0.717, 1.165) is 16.8 Å². The fourth-order valence-corrected chi connectivity index (χ4v) is 3.50. The summed E-state index contributed by atoms with van der Waals surface area (Å²) in [6, 6.07) is 20.4. The Labute approximate surface area is 134 Å². The van der Waals surface area contributed by atoms with Gasteiger partial charge in [-0.3, -0.25) is 0 Å². The third-order valence-corrected chi connectivity index (χ3v) is 4.81. The summed E-state index contributed by atoms with van der Waals surface area (Å²) in [4.78, 5) is 4.57. The Balaban J connectivity index is 2.07. The molecule has 0 spiro atoms. The molecule has 1 heterocycles. The highest BCUT2D eigenvalue weighted by molar-refractivity contribution is 6.31. The first-order chi connectivity index (χ1) is 10.6. The molecular weight excluding hydrogens is 292 g/mol. The minimum absolute atomic E-state index is 0.457. The van der Waals surface area contributed by atoms with Gasteiger partial charge in [0, 0.05) is 5.02 Å². The van der Waals surface area contributed by atoms with Crippen molar-refractivity contribution in [2.75, 3.05) is 0 Å². The zero-order valence-electron chi connectivity index (χ0n) is 12.2. The van der Waals surface area contributed by atoms with Crippen LogP contribution in [0.4, 0.5) is 5.69 Å². The Morgan fingerprint density at radius 1 is 0.955 bits per heavy atom. The van der Waals surface area contributed by atoms with Crippen LogP contribution in [-0.2, 0) is 5.41 Å². The molecule has 0 aliphatic carbocycles. The lowest BCUT2D eigenvalue weighted by atomic mass is 9.74. The molecular formula is C19H15ClN2.